The fourth-order valence-corrected chi connectivity index (χ4v) is 2.64. The van der Waals surface area contributed by atoms with Gasteiger partial charge in [-0.1, -0.05) is 0 Å². The second-order valence-corrected chi connectivity index (χ2v) is 6.79. The Balaban J connectivity index is 2.29. The normalized spacial score (nSPS) is 11.6. The number of nitrogens with one attached hydrogen (secondary N) is 2. The number of hydrogen-bond acceptors (Lipinski definition) is 6. The first kappa shape index (κ1) is 23.6. The van der Waals surface area contributed by atoms with Crippen molar-refractivity contribution in [2.45, 2.75) is 20.0 Å². The Bertz CT molecular complexity index is 954. The van der Waals surface area contributed by atoms with E-state index in [0.29, 0.717) is 35.0 Å². The minimum Gasteiger partial charge on any atom is -0.488 e. The predicted molar refractivity (Wildman–Crippen MR) is 118 cm³/mol. The number of Topliss-reactive ketones (excluding diaryl/α,β-unsaturated/α-hetero) is 1. The standard InChI is InChI=1S/C23H27N3O5/c1-15(14-29-4)30-20-11-18(23(28)26-22(24)9-10-25-3)12-21(13-20)31-19-7-5-17(6-8-19)16(2)27/h5-13,15,25H,14H2,1-4H3,(H2,24,26,28)/p+1/b10-9-/t15-/m0/s1. The monoisotopic (exact) mass is 426 g/mol. The van der Waals surface area contributed by atoms with Gasteiger partial charge in [0.1, 0.15) is 23.4 Å². The van der Waals surface area contributed by atoms with Crippen molar-refractivity contribution in [1.82, 2.24) is 10.6 Å². The first-order chi connectivity index (χ1) is 14.8. The highest BCUT2D eigenvalue weighted by Gasteiger charge is 2.17. The van der Waals surface area contributed by atoms with Gasteiger partial charge in [-0.15, -0.1) is 0 Å². The zero-order valence-corrected chi connectivity index (χ0v) is 18.1. The van der Waals surface area contributed by atoms with Crippen molar-refractivity contribution in [3.8, 4) is 17.2 Å². The molecule has 1 amide bonds. The van der Waals surface area contributed by atoms with Gasteiger partial charge in [-0.25, -0.2) is 10.1 Å². The molecule has 0 aromatic heterocycles. The fraction of sp³-hybridized carbons (Fsp3) is 0.261. The Morgan fingerprint density at radius 1 is 1.06 bits per heavy atom. The maximum absolute atomic E-state index is 12.7. The molecule has 0 radical (unpaired) electrons. The van der Waals surface area contributed by atoms with E-state index in [1.165, 1.54) is 13.0 Å². The van der Waals surface area contributed by atoms with E-state index in [9.17, 15) is 9.59 Å². The van der Waals surface area contributed by atoms with E-state index >= 15 is 0 Å². The Hall–Kier alpha value is -3.65. The van der Waals surface area contributed by atoms with Crippen LogP contribution in [-0.2, 0) is 4.74 Å². The Morgan fingerprint density at radius 2 is 1.74 bits per heavy atom. The van der Waals surface area contributed by atoms with Gasteiger partial charge < -0.3 is 19.5 Å². The van der Waals surface area contributed by atoms with Crippen LogP contribution in [-0.4, -0.2) is 44.4 Å². The number of ketones is 1. The third-order valence-corrected chi connectivity index (χ3v) is 4.06. The maximum atomic E-state index is 12.7. The van der Waals surface area contributed by atoms with E-state index in [-0.39, 0.29) is 17.7 Å². The largest absolute Gasteiger partial charge is 0.488 e. The molecule has 31 heavy (non-hydrogen) atoms. The van der Waals surface area contributed by atoms with Crippen LogP contribution in [0.5, 0.6) is 17.2 Å². The lowest BCUT2D eigenvalue weighted by Crippen LogP contribution is -2.49. The second kappa shape index (κ2) is 11.5. The third kappa shape index (κ3) is 7.60. The lowest BCUT2D eigenvalue weighted by Gasteiger charge is -2.16. The summed E-state index contributed by atoms with van der Waals surface area (Å²) in [6, 6.07) is 11.6. The van der Waals surface area contributed by atoms with Crippen molar-refractivity contribution in [2.24, 2.45) is 0 Å². The summed E-state index contributed by atoms with van der Waals surface area (Å²) < 4.78 is 16.8. The first-order valence-corrected chi connectivity index (χ1v) is 9.69. The van der Waals surface area contributed by atoms with E-state index in [2.05, 4.69) is 10.6 Å². The van der Waals surface area contributed by atoms with Crippen molar-refractivity contribution in [1.29, 1.82) is 0 Å². The molecule has 2 rings (SSSR count). The number of nitrogens with two attached hydrogens (primary N) is 1. The lowest BCUT2D eigenvalue weighted by atomic mass is 10.1. The molecular formula is C23H28N3O5+. The van der Waals surface area contributed by atoms with Crippen LogP contribution in [0.1, 0.15) is 34.6 Å². The van der Waals surface area contributed by atoms with Crippen LogP contribution in [0.2, 0.25) is 0 Å². The molecule has 164 valence electrons. The van der Waals surface area contributed by atoms with Crippen LogP contribution < -0.4 is 25.5 Å². The number of rotatable bonds is 10. The highest BCUT2D eigenvalue weighted by molar-refractivity contribution is 6.08. The van der Waals surface area contributed by atoms with Crippen LogP contribution in [0.25, 0.3) is 0 Å². The van der Waals surface area contributed by atoms with Crippen molar-refractivity contribution < 1.29 is 29.2 Å². The van der Waals surface area contributed by atoms with Gasteiger partial charge >= 0.3 is 5.91 Å². The average Bonchev–Trinajstić information content (AvgIpc) is 2.72. The van der Waals surface area contributed by atoms with Gasteiger partial charge in [0, 0.05) is 38.1 Å². The van der Waals surface area contributed by atoms with Crippen molar-refractivity contribution in [2.75, 3.05) is 20.8 Å². The summed E-state index contributed by atoms with van der Waals surface area (Å²) >= 11 is 0. The summed E-state index contributed by atoms with van der Waals surface area (Å²) in [5, 5.41) is 11.2. The van der Waals surface area contributed by atoms with Gasteiger partial charge in [0.15, 0.2) is 5.78 Å². The number of methoxy groups -OCH3 is 1. The van der Waals surface area contributed by atoms with Crippen LogP contribution >= 0.6 is 0 Å². The van der Waals surface area contributed by atoms with Gasteiger partial charge in [0.05, 0.1) is 12.2 Å². The molecule has 0 bridgehead atoms. The minimum atomic E-state index is -0.417. The number of hydrogen-bond donors (Lipinski definition) is 3. The van der Waals surface area contributed by atoms with E-state index < -0.39 is 5.91 Å². The molecule has 8 heteroatoms. The number of carbonyl (C=O) groups is 2. The molecule has 0 unspecified atom stereocenters. The SMILES string of the molecule is CN/C=C\C(=[NH2+])NC(=O)c1cc(Oc2ccc(C(C)=O)cc2)cc(O[C@@H](C)COC)c1. The average molecular weight is 426 g/mol. The summed E-state index contributed by atoms with van der Waals surface area (Å²) in [6.45, 7) is 3.73. The molecular weight excluding hydrogens is 398 g/mol. The molecule has 2 aromatic rings. The molecule has 0 aliphatic carbocycles. The predicted octanol–water partition coefficient (Wildman–Crippen LogP) is 1.72. The maximum Gasteiger partial charge on any atom is 0.339 e. The molecule has 0 fully saturated rings. The molecule has 2 aromatic carbocycles. The summed E-state index contributed by atoms with van der Waals surface area (Å²) in [4.78, 5) is 24.1. The molecule has 1 atom stereocenters. The van der Waals surface area contributed by atoms with Crippen LogP contribution in [0.4, 0.5) is 0 Å². The number of amides is 1. The fourth-order valence-electron chi connectivity index (χ4n) is 2.64. The Morgan fingerprint density at radius 3 is 2.35 bits per heavy atom. The quantitative estimate of drug-likeness (QED) is 0.303. The van der Waals surface area contributed by atoms with Gasteiger partial charge in [0.2, 0.25) is 0 Å². The van der Waals surface area contributed by atoms with E-state index in [1.807, 2.05) is 6.92 Å². The summed E-state index contributed by atoms with van der Waals surface area (Å²) in [5.41, 5.74) is 0.886. The van der Waals surface area contributed by atoms with E-state index in [1.54, 1.807) is 62.8 Å². The van der Waals surface area contributed by atoms with Crippen molar-refractivity contribution in [3.05, 3.63) is 65.9 Å². The zero-order valence-electron chi connectivity index (χ0n) is 18.1. The van der Waals surface area contributed by atoms with E-state index in [0.717, 1.165) is 0 Å². The highest BCUT2D eigenvalue weighted by Crippen LogP contribution is 2.28. The summed E-state index contributed by atoms with van der Waals surface area (Å²) in [6.07, 6.45) is 2.90. The number of benzene rings is 2. The second-order valence-electron chi connectivity index (χ2n) is 6.79. The minimum absolute atomic E-state index is 0.0332. The van der Waals surface area contributed by atoms with Gasteiger partial charge in [-0.3, -0.25) is 10.2 Å². The molecule has 0 saturated heterocycles. The van der Waals surface area contributed by atoms with Crippen molar-refractivity contribution in [3.63, 3.8) is 0 Å². The van der Waals surface area contributed by atoms with Gasteiger partial charge in [0.25, 0.3) is 5.84 Å². The smallest absolute Gasteiger partial charge is 0.339 e. The molecule has 0 aliphatic rings. The van der Waals surface area contributed by atoms with E-state index in [4.69, 9.17) is 19.6 Å². The van der Waals surface area contributed by atoms with Gasteiger partial charge in [-0.05, 0) is 50.2 Å². The number of amidine groups is 1. The molecule has 0 spiro atoms. The molecule has 0 heterocycles. The zero-order chi connectivity index (χ0) is 22.8. The topological polar surface area (TPSA) is 111 Å². The summed E-state index contributed by atoms with van der Waals surface area (Å²) in [7, 11) is 3.31. The first-order valence-electron chi connectivity index (χ1n) is 9.69. The van der Waals surface area contributed by atoms with Gasteiger partial charge in [-0.2, -0.15) is 0 Å². The molecule has 8 nitrogen and oxygen atoms in total. The molecule has 0 aliphatic heterocycles. The van der Waals surface area contributed by atoms with Crippen LogP contribution in [0, 0.1) is 0 Å². The molecule has 4 N–H and O–H groups in total. The highest BCUT2D eigenvalue weighted by atomic mass is 16.5. The Kier molecular flexibility index (Phi) is 8.78. The van der Waals surface area contributed by atoms with Crippen LogP contribution in [0.3, 0.4) is 0 Å². The third-order valence-electron chi connectivity index (χ3n) is 4.06. The lowest BCUT2D eigenvalue weighted by molar-refractivity contribution is -0.115. The number of ether oxygens (including phenoxy) is 3. The van der Waals surface area contributed by atoms with Crippen molar-refractivity contribution >= 4 is 17.5 Å². The Labute approximate surface area is 181 Å². The molecule has 0 saturated carbocycles. The summed E-state index contributed by atoms with van der Waals surface area (Å²) in [5.74, 6) is 1.08. The van der Waals surface area contributed by atoms with Crippen LogP contribution in [0.15, 0.2) is 54.7 Å². The number of carbonyl (C=O) groups excluding carboxylic acids is 2.